The largest absolute Gasteiger partial charge is 0.504 e. The summed E-state index contributed by atoms with van der Waals surface area (Å²) in [4.78, 5) is 0. The SMILES string of the molecule is CCCCC[C@@H](N)c1ccc(O)c(O)c1O. The first-order valence-electron chi connectivity index (χ1n) is 5.57. The number of benzene rings is 1. The molecule has 0 saturated heterocycles. The molecule has 4 heteroatoms. The summed E-state index contributed by atoms with van der Waals surface area (Å²) in [5.41, 5.74) is 6.38. The number of phenolic OH excluding ortho intramolecular Hbond substituents is 3. The fourth-order valence-corrected chi connectivity index (χ4v) is 1.65. The maximum atomic E-state index is 9.62. The van der Waals surface area contributed by atoms with Crippen LogP contribution in [0.5, 0.6) is 17.2 Å². The Bertz CT molecular complexity index is 352. The second-order valence-electron chi connectivity index (χ2n) is 3.97. The van der Waals surface area contributed by atoms with Crippen LogP contribution in [0.25, 0.3) is 0 Å². The molecule has 0 fully saturated rings. The smallest absolute Gasteiger partial charge is 0.200 e. The monoisotopic (exact) mass is 225 g/mol. The molecule has 0 aromatic heterocycles. The summed E-state index contributed by atoms with van der Waals surface area (Å²) in [6.45, 7) is 2.11. The van der Waals surface area contributed by atoms with E-state index in [2.05, 4.69) is 6.92 Å². The van der Waals surface area contributed by atoms with Gasteiger partial charge >= 0.3 is 0 Å². The van der Waals surface area contributed by atoms with Crippen LogP contribution in [0, 0.1) is 0 Å². The van der Waals surface area contributed by atoms with Crippen molar-refractivity contribution >= 4 is 0 Å². The van der Waals surface area contributed by atoms with Crippen LogP contribution in [0.1, 0.15) is 44.2 Å². The van der Waals surface area contributed by atoms with Crippen molar-refractivity contribution in [1.82, 2.24) is 0 Å². The molecular formula is C12H19NO3. The number of hydrogen-bond donors (Lipinski definition) is 4. The van der Waals surface area contributed by atoms with Crippen molar-refractivity contribution in [2.24, 2.45) is 5.73 Å². The number of phenols is 3. The lowest BCUT2D eigenvalue weighted by Crippen LogP contribution is -2.10. The molecule has 1 atom stereocenters. The molecule has 0 amide bonds. The van der Waals surface area contributed by atoms with Gasteiger partial charge < -0.3 is 21.1 Å². The Morgan fingerprint density at radius 1 is 1.12 bits per heavy atom. The third kappa shape index (κ3) is 2.79. The van der Waals surface area contributed by atoms with E-state index in [0.29, 0.717) is 5.56 Å². The molecule has 0 aliphatic carbocycles. The van der Waals surface area contributed by atoms with Crippen LogP contribution in [-0.4, -0.2) is 15.3 Å². The maximum absolute atomic E-state index is 9.62. The lowest BCUT2D eigenvalue weighted by Gasteiger charge is -2.14. The standard InChI is InChI=1S/C12H19NO3/c1-2-3-4-5-9(13)8-6-7-10(14)12(16)11(8)15/h6-7,9,14-16H,2-5,13H2,1H3/t9-/m1/s1. The fraction of sp³-hybridized carbons (Fsp3) is 0.500. The van der Waals surface area contributed by atoms with E-state index in [4.69, 9.17) is 10.8 Å². The summed E-state index contributed by atoms with van der Waals surface area (Å²) in [7, 11) is 0. The van der Waals surface area contributed by atoms with Gasteiger partial charge in [0.2, 0.25) is 5.75 Å². The third-order valence-corrected chi connectivity index (χ3v) is 2.68. The van der Waals surface area contributed by atoms with E-state index in [1.165, 1.54) is 6.07 Å². The molecule has 0 spiro atoms. The minimum atomic E-state index is -0.497. The molecule has 5 N–H and O–H groups in total. The van der Waals surface area contributed by atoms with Crippen LogP contribution in [0.15, 0.2) is 12.1 Å². The second kappa shape index (κ2) is 5.61. The molecule has 1 rings (SSSR count). The van der Waals surface area contributed by atoms with Gasteiger partial charge in [-0.1, -0.05) is 26.2 Å². The maximum Gasteiger partial charge on any atom is 0.200 e. The lowest BCUT2D eigenvalue weighted by molar-refractivity contribution is 0.362. The first-order chi connectivity index (χ1) is 7.57. The van der Waals surface area contributed by atoms with Crippen molar-refractivity contribution in [3.63, 3.8) is 0 Å². The fourth-order valence-electron chi connectivity index (χ4n) is 1.65. The zero-order valence-corrected chi connectivity index (χ0v) is 9.48. The van der Waals surface area contributed by atoms with Crippen molar-refractivity contribution in [1.29, 1.82) is 0 Å². The van der Waals surface area contributed by atoms with Gasteiger partial charge in [-0.25, -0.2) is 0 Å². The molecular weight excluding hydrogens is 206 g/mol. The van der Waals surface area contributed by atoms with Gasteiger partial charge in [-0.05, 0) is 18.6 Å². The number of hydrogen-bond acceptors (Lipinski definition) is 4. The number of rotatable bonds is 5. The minimum Gasteiger partial charge on any atom is -0.504 e. The third-order valence-electron chi connectivity index (χ3n) is 2.68. The first-order valence-corrected chi connectivity index (χ1v) is 5.57. The molecule has 0 saturated carbocycles. The van der Waals surface area contributed by atoms with E-state index in [9.17, 15) is 10.2 Å². The van der Waals surface area contributed by atoms with Crippen molar-refractivity contribution in [3.8, 4) is 17.2 Å². The Hall–Kier alpha value is -1.42. The highest BCUT2D eigenvalue weighted by atomic mass is 16.3. The van der Waals surface area contributed by atoms with Gasteiger partial charge in [0.05, 0.1) is 0 Å². The summed E-state index contributed by atoms with van der Waals surface area (Å²) in [6.07, 6.45) is 3.95. The Kier molecular flexibility index (Phi) is 4.43. The normalized spacial score (nSPS) is 12.6. The van der Waals surface area contributed by atoms with Crippen molar-refractivity contribution < 1.29 is 15.3 Å². The van der Waals surface area contributed by atoms with E-state index >= 15 is 0 Å². The van der Waals surface area contributed by atoms with Crippen LogP contribution < -0.4 is 5.73 Å². The highest BCUT2D eigenvalue weighted by Crippen LogP contribution is 2.39. The van der Waals surface area contributed by atoms with Gasteiger partial charge in [0.1, 0.15) is 0 Å². The van der Waals surface area contributed by atoms with Crippen LogP contribution >= 0.6 is 0 Å². The Morgan fingerprint density at radius 2 is 1.81 bits per heavy atom. The van der Waals surface area contributed by atoms with Gasteiger partial charge in [-0.15, -0.1) is 0 Å². The van der Waals surface area contributed by atoms with Gasteiger partial charge in [0.15, 0.2) is 11.5 Å². The quantitative estimate of drug-likeness (QED) is 0.457. The average molecular weight is 225 g/mol. The molecule has 0 aliphatic heterocycles. The zero-order valence-electron chi connectivity index (χ0n) is 9.48. The average Bonchev–Trinajstić information content (AvgIpc) is 2.26. The molecule has 0 aliphatic rings. The number of aromatic hydroxyl groups is 3. The van der Waals surface area contributed by atoms with E-state index in [-0.39, 0.29) is 17.5 Å². The minimum absolute atomic E-state index is 0.307. The topological polar surface area (TPSA) is 86.7 Å². The molecule has 90 valence electrons. The predicted molar refractivity (Wildman–Crippen MR) is 62.5 cm³/mol. The summed E-state index contributed by atoms with van der Waals surface area (Å²) in [5, 5.41) is 28.1. The van der Waals surface area contributed by atoms with Gasteiger partial charge in [-0.3, -0.25) is 0 Å². The van der Waals surface area contributed by atoms with Crippen LogP contribution in [-0.2, 0) is 0 Å². The van der Waals surface area contributed by atoms with Crippen molar-refractivity contribution in [2.45, 2.75) is 38.6 Å². The lowest BCUT2D eigenvalue weighted by atomic mass is 10.00. The second-order valence-corrected chi connectivity index (χ2v) is 3.97. The predicted octanol–water partition coefficient (Wildman–Crippen LogP) is 2.38. The number of unbranched alkanes of at least 4 members (excludes halogenated alkanes) is 2. The van der Waals surface area contributed by atoms with Gasteiger partial charge in [0, 0.05) is 11.6 Å². The van der Waals surface area contributed by atoms with Crippen molar-refractivity contribution in [2.75, 3.05) is 0 Å². The molecule has 0 bridgehead atoms. The van der Waals surface area contributed by atoms with E-state index in [1.807, 2.05) is 0 Å². The molecule has 1 aromatic rings. The van der Waals surface area contributed by atoms with E-state index in [1.54, 1.807) is 6.07 Å². The summed E-state index contributed by atoms with van der Waals surface area (Å²) in [5.74, 6) is -1.14. The molecule has 4 nitrogen and oxygen atoms in total. The Labute approximate surface area is 95.3 Å². The Morgan fingerprint density at radius 3 is 2.44 bits per heavy atom. The van der Waals surface area contributed by atoms with Crippen LogP contribution in [0.4, 0.5) is 0 Å². The molecule has 0 unspecified atom stereocenters. The Balaban J connectivity index is 2.76. The van der Waals surface area contributed by atoms with Gasteiger partial charge in [0.25, 0.3) is 0 Å². The number of nitrogens with two attached hydrogens (primary N) is 1. The van der Waals surface area contributed by atoms with Gasteiger partial charge in [-0.2, -0.15) is 0 Å². The molecule has 0 heterocycles. The summed E-state index contributed by atoms with van der Waals surface area (Å²) >= 11 is 0. The molecule has 0 radical (unpaired) electrons. The highest BCUT2D eigenvalue weighted by molar-refractivity contribution is 5.53. The van der Waals surface area contributed by atoms with Crippen LogP contribution in [0.2, 0.25) is 0 Å². The first kappa shape index (κ1) is 12.6. The van der Waals surface area contributed by atoms with E-state index < -0.39 is 5.75 Å². The zero-order chi connectivity index (χ0) is 12.1. The molecule has 16 heavy (non-hydrogen) atoms. The van der Waals surface area contributed by atoms with E-state index in [0.717, 1.165) is 25.7 Å². The van der Waals surface area contributed by atoms with Crippen LogP contribution in [0.3, 0.4) is 0 Å². The summed E-state index contributed by atoms with van der Waals surface area (Å²) in [6, 6.07) is 2.57. The molecule has 1 aromatic carbocycles. The summed E-state index contributed by atoms with van der Waals surface area (Å²) < 4.78 is 0. The van der Waals surface area contributed by atoms with Crippen molar-refractivity contribution in [3.05, 3.63) is 17.7 Å². The highest BCUT2D eigenvalue weighted by Gasteiger charge is 2.16.